The fourth-order valence-corrected chi connectivity index (χ4v) is 2.95. The first-order valence-electron chi connectivity index (χ1n) is 6.90. The highest BCUT2D eigenvalue weighted by Crippen LogP contribution is 2.26. The highest BCUT2D eigenvalue weighted by molar-refractivity contribution is 5.39. The van der Waals surface area contributed by atoms with Gasteiger partial charge in [-0.3, -0.25) is 0 Å². The fourth-order valence-electron chi connectivity index (χ4n) is 2.95. The van der Waals surface area contributed by atoms with Crippen molar-refractivity contribution in [2.75, 3.05) is 13.2 Å². The lowest BCUT2D eigenvalue weighted by molar-refractivity contribution is 0.357. The summed E-state index contributed by atoms with van der Waals surface area (Å²) in [4.78, 5) is 0. The minimum Gasteiger partial charge on any atom is -0.493 e. The first-order chi connectivity index (χ1) is 8.42. The van der Waals surface area contributed by atoms with Gasteiger partial charge in [0.15, 0.2) is 0 Å². The molecule has 0 bridgehead atoms. The number of hydrogen-bond acceptors (Lipinski definition) is 2. The lowest BCUT2D eigenvalue weighted by atomic mass is 10.1. The van der Waals surface area contributed by atoms with Gasteiger partial charge in [-0.25, -0.2) is 0 Å². The molecule has 0 aromatic heterocycles. The molecule has 1 aliphatic heterocycles. The topological polar surface area (TPSA) is 21.3 Å². The van der Waals surface area contributed by atoms with E-state index in [4.69, 9.17) is 4.74 Å². The molecule has 1 aliphatic carbocycles. The van der Waals surface area contributed by atoms with Crippen molar-refractivity contribution in [1.29, 1.82) is 0 Å². The standard InChI is InChI=1S/C15H21NO/c1-2-4-14(3-1)16-9-7-12-5-6-15-13(11-12)8-10-17-15/h5-6,11,14,16H,1-4,7-10H2. The Morgan fingerprint density at radius 1 is 1.24 bits per heavy atom. The number of ether oxygens (including phenoxy) is 1. The quantitative estimate of drug-likeness (QED) is 0.860. The summed E-state index contributed by atoms with van der Waals surface area (Å²) in [5.41, 5.74) is 2.84. The number of fused-ring (bicyclic) bond motifs is 1. The average molecular weight is 231 g/mol. The molecular formula is C15H21NO. The third-order valence-corrected chi connectivity index (χ3v) is 3.96. The maximum atomic E-state index is 5.52. The van der Waals surface area contributed by atoms with E-state index >= 15 is 0 Å². The Hall–Kier alpha value is -1.02. The van der Waals surface area contributed by atoms with Gasteiger partial charge in [-0.1, -0.05) is 25.0 Å². The molecular weight excluding hydrogens is 210 g/mol. The van der Waals surface area contributed by atoms with Gasteiger partial charge >= 0.3 is 0 Å². The largest absolute Gasteiger partial charge is 0.493 e. The van der Waals surface area contributed by atoms with Gasteiger partial charge < -0.3 is 10.1 Å². The maximum Gasteiger partial charge on any atom is 0.122 e. The summed E-state index contributed by atoms with van der Waals surface area (Å²) in [6, 6.07) is 7.44. The van der Waals surface area contributed by atoms with Crippen LogP contribution in [0.15, 0.2) is 18.2 Å². The Kier molecular flexibility index (Phi) is 3.32. The summed E-state index contributed by atoms with van der Waals surface area (Å²) in [6.07, 6.45) is 7.79. The zero-order valence-electron chi connectivity index (χ0n) is 10.4. The van der Waals surface area contributed by atoms with Crippen molar-refractivity contribution in [3.05, 3.63) is 29.3 Å². The predicted octanol–water partition coefficient (Wildman–Crippen LogP) is 2.70. The molecule has 92 valence electrons. The molecule has 2 heteroatoms. The third-order valence-electron chi connectivity index (χ3n) is 3.96. The minimum atomic E-state index is 0.785. The van der Waals surface area contributed by atoms with Gasteiger partial charge in [0.1, 0.15) is 5.75 Å². The Labute approximate surface area is 103 Å². The Balaban J connectivity index is 1.51. The monoisotopic (exact) mass is 231 g/mol. The Morgan fingerprint density at radius 3 is 3.00 bits per heavy atom. The van der Waals surface area contributed by atoms with Crippen molar-refractivity contribution >= 4 is 0 Å². The lowest BCUT2D eigenvalue weighted by Gasteiger charge is -2.11. The Morgan fingerprint density at radius 2 is 2.12 bits per heavy atom. The summed E-state index contributed by atoms with van der Waals surface area (Å²) >= 11 is 0. The molecule has 17 heavy (non-hydrogen) atoms. The molecule has 2 nitrogen and oxygen atoms in total. The third kappa shape index (κ3) is 2.63. The lowest BCUT2D eigenvalue weighted by Crippen LogP contribution is -2.27. The van der Waals surface area contributed by atoms with Crippen molar-refractivity contribution in [2.24, 2.45) is 0 Å². The van der Waals surface area contributed by atoms with E-state index < -0.39 is 0 Å². The predicted molar refractivity (Wildman–Crippen MR) is 69.6 cm³/mol. The van der Waals surface area contributed by atoms with Crippen LogP contribution in [0.25, 0.3) is 0 Å². The number of benzene rings is 1. The first-order valence-corrected chi connectivity index (χ1v) is 6.90. The molecule has 0 amide bonds. The molecule has 0 atom stereocenters. The van der Waals surface area contributed by atoms with Crippen molar-refractivity contribution in [1.82, 2.24) is 5.32 Å². The van der Waals surface area contributed by atoms with Gasteiger partial charge in [0.05, 0.1) is 6.61 Å². The van der Waals surface area contributed by atoms with Crippen LogP contribution >= 0.6 is 0 Å². The second-order valence-corrected chi connectivity index (χ2v) is 5.23. The molecule has 0 spiro atoms. The molecule has 0 radical (unpaired) electrons. The molecule has 1 aromatic carbocycles. The van der Waals surface area contributed by atoms with E-state index in [-0.39, 0.29) is 0 Å². The van der Waals surface area contributed by atoms with E-state index in [2.05, 4.69) is 23.5 Å². The van der Waals surface area contributed by atoms with E-state index in [1.807, 2.05) is 0 Å². The van der Waals surface area contributed by atoms with E-state index in [1.165, 1.54) is 36.8 Å². The molecule has 1 aromatic rings. The highest BCUT2D eigenvalue weighted by Gasteiger charge is 2.14. The number of hydrogen-bond donors (Lipinski definition) is 1. The van der Waals surface area contributed by atoms with Gasteiger partial charge in [-0.15, -0.1) is 0 Å². The molecule has 0 unspecified atom stereocenters. The summed E-state index contributed by atoms with van der Waals surface area (Å²) in [7, 11) is 0. The number of nitrogens with one attached hydrogen (secondary N) is 1. The highest BCUT2D eigenvalue weighted by atomic mass is 16.5. The van der Waals surface area contributed by atoms with Crippen LogP contribution in [0.5, 0.6) is 5.75 Å². The van der Waals surface area contributed by atoms with Crippen LogP contribution in [-0.4, -0.2) is 19.2 Å². The van der Waals surface area contributed by atoms with E-state index in [9.17, 15) is 0 Å². The molecule has 3 rings (SSSR count). The van der Waals surface area contributed by atoms with E-state index in [1.54, 1.807) is 0 Å². The van der Waals surface area contributed by atoms with E-state index in [0.29, 0.717) is 0 Å². The molecule has 2 aliphatic rings. The van der Waals surface area contributed by atoms with E-state index in [0.717, 1.165) is 37.8 Å². The zero-order valence-corrected chi connectivity index (χ0v) is 10.4. The van der Waals surface area contributed by atoms with Crippen LogP contribution in [0.4, 0.5) is 0 Å². The van der Waals surface area contributed by atoms with Gasteiger partial charge in [-0.05, 0) is 43.0 Å². The molecule has 1 fully saturated rings. The molecule has 1 N–H and O–H groups in total. The van der Waals surface area contributed by atoms with Gasteiger partial charge in [0.25, 0.3) is 0 Å². The first kappa shape index (κ1) is 11.1. The van der Waals surface area contributed by atoms with Crippen LogP contribution in [0.1, 0.15) is 36.8 Å². The van der Waals surface area contributed by atoms with Crippen LogP contribution < -0.4 is 10.1 Å². The van der Waals surface area contributed by atoms with Crippen LogP contribution in [0, 0.1) is 0 Å². The second kappa shape index (κ2) is 5.09. The summed E-state index contributed by atoms with van der Waals surface area (Å²) < 4.78 is 5.52. The van der Waals surface area contributed by atoms with Crippen molar-refractivity contribution in [3.63, 3.8) is 0 Å². The second-order valence-electron chi connectivity index (χ2n) is 5.23. The smallest absolute Gasteiger partial charge is 0.122 e. The fraction of sp³-hybridized carbons (Fsp3) is 0.600. The molecule has 1 heterocycles. The van der Waals surface area contributed by atoms with Crippen molar-refractivity contribution in [3.8, 4) is 5.75 Å². The Bertz CT molecular complexity index is 383. The van der Waals surface area contributed by atoms with Crippen LogP contribution in [-0.2, 0) is 12.8 Å². The summed E-state index contributed by atoms with van der Waals surface area (Å²) in [5, 5.41) is 3.67. The van der Waals surface area contributed by atoms with Crippen molar-refractivity contribution in [2.45, 2.75) is 44.6 Å². The minimum absolute atomic E-state index is 0.785. The van der Waals surface area contributed by atoms with Gasteiger partial charge in [-0.2, -0.15) is 0 Å². The molecule has 0 saturated heterocycles. The summed E-state index contributed by atoms with van der Waals surface area (Å²) in [6.45, 7) is 1.98. The van der Waals surface area contributed by atoms with Gasteiger partial charge in [0, 0.05) is 12.5 Å². The SMILES string of the molecule is c1cc2c(cc1CCNC1CCCC1)CCO2. The van der Waals surface area contributed by atoms with Crippen LogP contribution in [0.3, 0.4) is 0 Å². The summed E-state index contributed by atoms with van der Waals surface area (Å²) in [5.74, 6) is 1.09. The van der Waals surface area contributed by atoms with Gasteiger partial charge in [0.2, 0.25) is 0 Å². The zero-order chi connectivity index (χ0) is 11.5. The maximum absolute atomic E-state index is 5.52. The molecule has 1 saturated carbocycles. The normalized spacial score (nSPS) is 19.3. The van der Waals surface area contributed by atoms with Crippen LogP contribution in [0.2, 0.25) is 0 Å². The average Bonchev–Trinajstić information content (AvgIpc) is 2.98. The van der Waals surface area contributed by atoms with Crippen molar-refractivity contribution < 1.29 is 4.74 Å². The number of rotatable bonds is 4.